The minimum atomic E-state index is -3.46. The van der Waals surface area contributed by atoms with Crippen molar-refractivity contribution >= 4 is 56.8 Å². The van der Waals surface area contributed by atoms with Crippen LogP contribution in [-0.2, 0) is 30.8 Å². The number of halogens is 1. The molecule has 2 atom stereocenters. The van der Waals surface area contributed by atoms with Gasteiger partial charge in [0.25, 0.3) is 5.91 Å². The number of carbonyl (C=O) groups is 2. The number of esters is 1. The Bertz CT molecular complexity index is 1970. The molecule has 11 heteroatoms. The molecule has 0 saturated carbocycles. The van der Waals surface area contributed by atoms with Gasteiger partial charge in [0.1, 0.15) is 14.1 Å². The fourth-order valence-electron chi connectivity index (χ4n) is 5.88. The molecule has 232 valence electrons. The van der Waals surface area contributed by atoms with E-state index in [0.29, 0.717) is 19.5 Å². The van der Waals surface area contributed by atoms with Crippen LogP contribution in [0.4, 0.5) is 0 Å². The van der Waals surface area contributed by atoms with Crippen LogP contribution >= 0.6 is 15.9 Å². The second-order valence-electron chi connectivity index (χ2n) is 12.5. The van der Waals surface area contributed by atoms with Crippen LogP contribution in [0.15, 0.2) is 76.1 Å². The molecule has 0 bridgehead atoms. The number of amides is 1. The van der Waals surface area contributed by atoms with Crippen LogP contribution in [0.2, 0.25) is 19.6 Å². The molecule has 2 unspecified atom stereocenters. The molecule has 1 saturated heterocycles. The second-order valence-corrected chi connectivity index (χ2v) is 20.1. The van der Waals surface area contributed by atoms with Gasteiger partial charge < -0.3 is 14.6 Å². The summed E-state index contributed by atoms with van der Waals surface area (Å²) in [6.45, 7) is 7.32. The normalized spacial score (nSPS) is 18.5. The maximum absolute atomic E-state index is 13.9. The van der Waals surface area contributed by atoms with E-state index in [-0.39, 0.29) is 4.90 Å². The summed E-state index contributed by atoms with van der Waals surface area (Å²) in [7, 11) is -4.02. The Balaban J connectivity index is 1.43. The van der Waals surface area contributed by atoms with E-state index in [1.807, 2.05) is 54.6 Å². The van der Waals surface area contributed by atoms with E-state index in [9.17, 15) is 18.0 Å². The van der Waals surface area contributed by atoms with Gasteiger partial charge in [-0.1, -0.05) is 72.0 Å². The largest absolute Gasteiger partial charge is 0.467 e. The third-order valence-electron chi connectivity index (χ3n) is 8.31. The smallest absolute Gasteiger partial charge is 0.328 e. The predicted octanol–water partition coefficient (Wildman–Crippen LogP) is 5.89. The maximum Gasteiger partial charge on any atom is 0.328 e. The van der Waals surface area contributed by atoms with Crippen molar-refractivity contribution < 1.29 is 22.7 Å². The zero-order valence-corrected chi connectivity index (χ0v) is 29.0. The van der Waals surface area contributed by atoms with E-state index in [4.69, 9.17) is 4.74 Å². The first kappa shape index (κ1) is 31.3. The number of benzene rings is 3. The van der Waals surface area contributed by atoms with Gasteiger partial charge in [-0.2, -0.15) is 4.31 Å². The Hall–Kier alpha value is -3.69. The lowest BCUT2D eigenvalue weighted by Crippen LogP contribution is -2.51. The predicted molar refractivity (Wildman–Crippen MR) is 181 cm³/mol. The third kappa shape index (κ3) is 6.00. The van der Waals surface area contributed by atoms with E-state index in [0.717, 1.165) is 49.7 Å². The number of H-pyrrole nitrogens is 1. The van der Waals surface area contributed by atoms with Crippen LogP contribution in [0.5, 0.6) is 0 Å². The van der Waals surface area contributed by atoms with Crippen molar-refractivity contribution in [3.05, 3.63) is 88.0 Å². The monoisotopic (exact) mass is 703 g/mol. The highest BCUT2D eigenvalue weighted by Gasteiger charge is 2.44. The number of nitrogens with zero attached hydrogens (tertiary/aromatic N) is 2. The van der Waals surface area contributed by atoms with E-state index < -0.39 is 42.1 Å². The molecule has 8 nitrogen and oxygen atoms in total. The van der Waals surface area contributed by atoms with Gasteiger partial charge in [0.15, 0.2) is 0 Å². The van der Waals surface area contributed by atoms with Crippen molar-refractivity contribution in [2.24, 2.45) is 0 Å². The third-order valence-corrected chi connectivity index (χ3v) is 11.6. The Labute approximate surface area is 272 Å². The van der Waals surface area contributed by atoms with Crippen molar-refractivity contribution in [3.8, 4) is 22.6 Å². The van der Waals surface area contributed by atoms with Gasteiger partial charge in [0, 0.05) is 40.6 Å². The summed E-state index contributed by atoms with van der Waals surface area (Å²) in [4.78, 5) is 32.6. The lowest BCUT2D eigenvalue weighted by atomic mass is 9.87. The number of nitrogens with one attached hydrogen (secondary N) is 1. The average Bonchev–Trinajstić information content (AvgIpc) is 3.34. The van der Waals surface area contributed by atoms with E-state index in [1.165, 1.54) is 11.4 Å². The number of methoxy groups -OCH3 is 1. The van der Waals surface area contributed by atoms with Gasteiger partial charge in [-0.3, -0.25) is 4.79 Å². The Kier molecular flexibility index (Phi) is 8.28. The number of hydrogen-bond donors (Lipinski definition) is 1. The first-order valence-electron chi connectivity index (χ1n) is 14.8. The van der Waals surface area contributed by atoms with Crippen LogP contribution in [0, 0.1) is 11.5 Å². The van der Waals surface area contributed by atoms with E-state index in [2.05, 4.69) is 52.0 Å². The second kappa shape index (κ2) is 11.9. The number of fused-ring (bicyclic) bond motifs is 3. The first-order chi connectivity index (χ1) is 21.4. The number of aromatic nitrogens is 1. The molecule has 1 N–H and O–H groups in total. The first-order valence-corrected chi connectivity index (χ1v) is 20.5. The summed E-state index contributed by atoms with van der Waals surface area (Å²) in [5, 5.41) is 0.975. The summed E-state index contributed by atoms with van der Waals surface area (Å²) in [6, 6.07) is 19.2. The SMILES string of the molecule is COC(=O)C1Cc2c([nH]c3ccc(Br)cc23)C(c2ccc(-c3ccc(S(=O)(=O)N4CCC4)cc3)cc2)N1C(=O)C#C[Si](C)(C)C. The zero-order chi connectivity index (χ0) is 32.1. The standard InChI is InChI=1S/C34H34BrN3O5SSi/c1-43-34(40)30-21-28-27-20-25(35)12-15-29(27)36-32(28)33(38(30)31(39)16-19-45(2,3)4)24-8-6-22(7-9-24)23-10-13-26(14-11-23)44(41,42)37-17-5-18-37/h6-15,20,30,33,36H,5,17-18,21H2,1-4H3. The van der Waals surface area contributed by atoms with Gasteiger partial charge in [-0.15, -0.1) is 5.54 Å². The summed E-state index contributed by atoms with van der Waals surface area (Å²) < 4.78 is 33.2. The molecule has 0 spiro atoms. The summed E-state index contributed by atoms with van der Waals surface area (Å²) >= 11 is 3.58. The lowest BCUT2D eigenvalue weighted by molar-refractivity contribution is -0.153. The quantitative estimate of drug-likeness (QED) is 0.159. The molecule has 4 aromatic rings. The fourth-order valence-corrected chi connectivity index (χ4v) is 8.24. The molecular formula is C34H34BrN3O5SSi. The highest BCUT2D eigenvalue weighted by Crippen LogP contribution is 2.42. The molecule has 1 aromatic heterocycles. The fraction of sp³-hybridized carbons (Fsp3) is 0.294. The number of sulfonamides is 1. The number of hydrogen-bond acceptors (Lipinski definition) is 5. The van der Waals surface area contributed by atoms with Crippen molar-refractivity contribution in [2.75, 3.05) is 20.2 Å². The summed E-state index contributed by atoms with van der Waals surface area (Å²) in [5.41, 5.74) is 8.43. The highest BCUT2D eigenvalue weighted by atomic mass is 79.9. The topological polar surface area (TPSA) is 99.8 Å². The molecule has 1 amide bonds. The highest BCUT2D eigenvalue weighted by molar-refractivity contribution is 9.10. The van der Waals surface area contributed by atoms with Gasteiger partial charge in [-0.25, -0.2) is 13.2 Å². The summed E-state index contributed by atoms with van der Waals surface area (Å²) in [6.07, 6.45) is 1.18. The Morgan fingerprint density at radius 3 is 2.20 bits per heavy atom. The van der Waals surface area contributed by atoms with Crippen LogP contribution in [0.3, 0.4) is 0 Å². The van der Waals surface area contributed by atoms with Crippen molar-refractivity contribution in [1.82, 2.24) is 14.2 Å². The number of carbonyl (C=O) groups excluding carboxylic acids is 2. The number of aromatic amines is 1. The van der Waals surface area contributed by atoms with Crippen molar-refractivity contribution in [2.45, 2.75) is 49.5 Å². The molecule has 6 rings (SSSR count). The van der Waals surface area contributed by atoms with Crippen molar-refractivity contribution in [1.29, 1.82) is 0 Å². The molecule has 45 heavy (non-hydrogen) atoms. The molecule has 0 radical (unpaired) electrons. The maximum atomic E-state index is 13.9. The van der Waals surface area contributed by atoms with Gasteiger partial charge in [-0.05, 0) is 64.9 Å². The van der Waals surface area contributed by atoms with Gasteiger partial charge in [0.05, 0.1) is 18.0 Å². The molecule has 2 aliphatic rings. The molecule has 0 aliphatic carbocycles. The lowest BCUT2D eigenvalue weighted by Gasteiger charge is -2.40. The molecule has 3 aromatic carbocycles. The molecular weight excluding hydrogens is 670 g/mol. The Morgan fingerprint density at radius 2 is 1.62 bits per heavy atom. The van der Waals surface area contributed by atoms with Crippen molar-refractivity contribution in [3.63, 3.8) is 0 Å². The molecule has 2 aliphatic heterocycles. The van der Waals surface area contributed by atoms with E-state index in [1.54, 1.807) is 17.0 Å². The number of rotatable bonds is 5. The van der Waals surface area contributed by atoms with Crippen LogP contribution in [0.25, 0.3) is 22.0 Å². The van der Waals surface area contributed by atoms with Crippen LogP contribution in [-0.4, -0.2) is 68.8 Å². The van der Waals surface area contributed by atoms with Crippen LogP contribution < -0.4 is 0 Å². The Morgan fingerprint density at radius 1 is 0.978 bits per heavy atom. The minimum Gasteiger partial charge on any atom is -0.467 e. The molecule has 3 heterocycles. The minimum absolute atomic E-state index is 0.283. The average molecular weight is 705 g/mol. The van der Waals surface area contributed by atoms with Gasteiger partial charge in [0.2, 0.25) is 10.0 Å². The summed E-state index contributed by atoms with van der Waals surface area (Å²) in [5.74, 6) is 1.94. The number of ether oxygens (including phenoxy) is 1. The van der Waals surface area contributed by atoms with E-state index >= 15 is 0 Å². The van der Waals surface area contributed by atoms with Crippen LogP contribution in [0.1, 0.15) is 29.3 Å². The van der Waals surface area contributed by atoms with Gasteiger partial charge >= 0.3 is 5.97 Å². The zero-order valence-electron chi connectivity index (χ0n) is 25.6. The molecule has 1 fully saturated rings.